The number of rotatable bonds is 7. The first-order chi connectivity index (χ1) is 20.2. The van der Waals surface area contributed by atoms with Gasteiger partial charge >= 0.3 is 29.8 Å². The molecule has 0 aromatic carbocycles. The fourth-order valence-electron chi connectivity index (χ4n) is 6.21. The van der Waals surface area contributed by atoms with Gasteiger partial charge in [-0.3, -0.25) is 4.79 Å². The second kappa shape index (κ2) is 12.3. The van der Waals surface area contributed by atoms with E-state index in [0.29, 0.717) is 11.1 Å². The summed E-state index contributed by atoms with van der Waals surface area (Å²) in [7, 11) is 0. The third-order valence-corrected chi connectivity index (χ3v) is 8.36. The second-order valence-corrected chi connectivity index (χ2v) is 12.5. The molecule has 1 saturated carbocycles. The van der Waals surface area contributed by atoms with Crippen molar-refractivity contribution in [2.75, 3.05) is 0 Å². The number of hydrogen-bond donors (Lipinski definition) is 2. The maximum absolute atomic E-state index is 13.1. The van der Waals surface area contributed by atoms with E-state index in [1.54, 1.807) is 34.6 Å². The van der Waals surface area contributed by atoms with Crippen molar-refractivity contribution in [1.29, 1.82) is 0 Å². The number of carbonyl (C=O) groups is 5. The number of ether oxygens (including phenoxy) is 5. The molecule has 1 saturated heterocycles. The van der Waals surface area contributed by atoms with Crippen LogP contribution in [0.4, 0.5) is 0 Å². The molecule has 8 atom stereocenters. The number of aliphatic hydroxyl groups is 2. The molecule has 44 heavy (non-hydrogen) atoms. The number of fused-ring (bicyclic) bond motifs is 3. The van der Waals surface area contributed by atoms with Crippen molar-refractivity contribution >= 4 is 29.8 Å². The molecule has 242 valence electrons. The third-order valence-electron chi connectivity index (χ3n) is 8.36. The third kappa shape index (κ3) is 6.10. The molecule has 12 heteroatoms. The highest BCUT2D eigenvalue weighted by atomic mass is 16.6. The van der Waals surface area contributed by atoms with Gasteiger partial charge in [-0.1, -0.05) is 17.2 Å². The van der Waals surface area contributed by atoms with E-state index >= 15 is 0 Å². The lowest BCUT2D eigenvalue weighted by molar-refractivity contribution is -0.209. The highest BCUT2D eigenvalue weighted by Crippen LogP contribution is 2.57. The number of hydrogen-bond acceptors (Lipinski definition) is 12. The van der Waals surface area contributed by atoms with Gasteiger partial charge in [0.25, 0.3) is 0 Å². The Morgan fingerprint density at radius 2 is 1.45 bits per heavy atom. The van der Waals surface area contributed by atoms with Crippen LogP contribution in [0.15, 0.2) is 46.1 Å². The van der Waals surface area contributed by atoms with Gasteiger partial charge < -0.3 is 33.9 Å². The normalized spacial score (nSPS) is 34.5. The van der Waals surface area contributed by atoms with E-state index in [-0.39, 0.29) is 16.7 Å². The predicted octanol–water partition coefficient (Wildman–Crippen LogP) is 2.70. The van der Waals surface area contributed by atoms with Gasteiger partial charge in [0.1, 0.15) is 11.7 Å². The van der Waals surface area contributed by atoms with Crippen LogP contribution in [0, 0.1) is 5.92 Å². The summed E-state index contributed by atoms with van der Waals surface area (Å²) in [4.78, 5) is 64.7. The molecule has 1 aliphatic heterocycles. The minimum Gasteiger partial charge on any atom is -0.459 e. The summed E-state index contributed by atoms with van der Waals surface area (Å²) in [5, 5.41) is 23.8. The zero-order chi connectivity index (χ0) is 33.5. The smallest absolute Gasteiger partial charge is 0.341 e. The molecule has 12 nitrogen and oxygen atoms in total. The lowest BCUT2D eigenvalue weighted by Gasteiger charge is -2.41. The van der Waals surface area contributed by atoms with Crippen LogP contribution < -0.4 is 0 Å². The highest BCUT2D eigenvalue weighted by molar-refractivity contribution is 5.89. The Labute approximate surface area is 256 Å². The van der Waals surface area contributed by atoms with Crippen LogP contribution in [-0.4, -0.2) is 81.3 Å². The fourth-order valence-corrected chi connectivity index (χ4v) is 6.21. The summed E-state index contributed by atoms with van der Waals surface area (Å²) in [5.41, 5.74) is -5.20. The Balaban J connectivity index is 2.37. The van der Waals surface area contributed by atoms with Crippen LogP contribution in [-0.2, 0) is 47.7 Å². The summed E-state index contributed by atoms with van der Waals surface area (Å²) in [6.45, 7) is 15.0. The maximum Gasteiger partial charge on any atom is 0.341 e. The zero-order valence-corrected chi connectivity index (χ0v) is 26.8. The topological polar surface area (TPSA) is 172 Å². The van der Waals surface area contributed by atoms with Crippen molar-refractivity contribution in [2.45, 2.75) is 117 Å². The monoisotopic (exact) mass is 618 g/mol. The van der Waals surface area contributed by atoms with E-state index in [2.05, 4.69) is 0 Å². The molecule has 0 radical (unpaired) electrons. The Hall–Kier alpha value is -3.77. The van der Waals surface area contributed by atoms with Gasteiger partial charge in [0.05, 0.1) is 5.92 Å². The molecule has 2 N–H and O–H groups in total. The lowest BCUT2D eigenvalue weighted by Crippen LogP contribution is -2.64. The summed E-state index contributed by atoms with van der Waals surface area (Å²) >= 11 is 0. The van der Waals surface area contributed by atoms with Crippen molar-refractivity contribution in [3.8, 4) is 0 Å². The predicted molar refractivity (Wildman–Crippen MR) is 154 cm³/mol. The van der Waals surface area contributed by atoms with Crippen molar-refractivity contribution in [2.24, 2.45) is 5.92 Å². The molecule has 1 heterocycles. The van der Waals surface area contributed by atoms with Gasteiger partial charge in [-0.25, -0.2) is 19.2 Å². The molecule has 0 spiro atoms. The van der Waals surface area contributed by atoms with E-state index in [1.807, 2.05) is 0 Å². The molecular formula is C32H42O12. The van der Waals surface area contributed by atoms with Crippen molar-refractivity contribution in [3.63, 3.8) is 0 Å². The van der Waals surface area contributed by atoms with Gasteiger partial charge in [0.2, 0.25) is 0 Å². The lowest BCUT2D eigenvalue weighted by atomic mass is 9.75. The van der Waals surface area contributed by atoms with Crippen LogP contribution in [0.1, 0.15) is 75.7 Å². The first-order valence-corrected chi connectivity index (χ1v) is 14.3. The van der Waals surface area contributed by atoms with Gasteiger partial charge in [-0.2, -0.15) is 0 Å². The molecule has 0 amide bonds. The van der Waals surface area contributed by atoms with E-state index < -0.39 is 83.4 Å². The summed E-state index contributed by atoms with van der Waals surface area (Å²) < 4.78 is 28.9. The van der Waals surface area contributed by atoms with Crippen molar-refractivity contribution < 1.29 is 57.9 Å². The van der Waals surface area contributed by atoms with Crippen molar-refractivity contribution in [3.05, 3.63) is 46.1 Å². The Bertz CT molecular complexity index is 1370. The van der Waals surface area contributed by atoms with Crippen LogP contribution in [0.25, 0.3) is 0 Å². The van der Waals surface area contributed by atoms with Crippen LogP contribution in [0.5, 0.6) is 0 Å². The Kier molecular flexibility index (Phi) is 9.72. The molecule has 0 bridgehead atoms. The summed E-state index contributed by atoms with van der Waals surface area (Å²) in [5.74, 6) is -5.58. The number of carbonyl (C=O) groups excluding carboxylic acids is 5. The molecule has 3 rings (SSSR count). The van der Waals surface area contributed by atoms with Gasteiger partial charge in [0.15, 0.2) is 29.5 Å². The van der Waals surface area contributed by atoms with Crippen LogP contribution >= 0.6 is 0 Å². The largest absolute Gasteiger partial charge is 0.459 e. The van der Waals surface area contributed by atoms with E-state index in [1.165, 1.54) is 32.9 Å². The maximum atomic E-state index is 13.1. The summed E-state index contributed by atoms with van der Waals surface area (Å²) in [6.07, 6.45) is -2.54. The Morgan fingerprint density at radius 3 is 1.95 bits per heavy atom. The molecular weight excluding hydrogens is 576 g/mol. The quantitative estimate of drug-likeness (QED) is 0.185. The molecule has 0 aromatic heterocycles. The zero-order valence-electron chi connectivity index (χ0n) is 26.8. The van der Waals surface area contributed by atoms with E-state index in [9.17, 15) is 34.2 Å². The first-order valence-electron chi connectivity index (χ1n) is 14.3. The Morgan fingerprint density at radius 1 is 0.909 bits per heavy atom. The molecule has 0 unspecified atom stereocenters. The van der Waals surface area contributed by atoms with E-state index in [4.69, 9.17) is 23.7 Å². The summed E-state index contributed by atoms with van der Waals surface area (Å²) in [6, 6.07) is 0. The average molecular weight is 619 g/mol. The molecule has 2 fully saturated rings. The molecule has 3 aliphatic rings. The highest BCUT2D eigenvalue weighted by Gasteiger charge is 2.76. The first kappa shape index (κ1) is 34.7. The second-order valence-electron chi connectivity index (χ2n) is 12.5. The van der Waals surface area contributed by atoms with Crippen molar-refractivity contribution in [1.82, 2.24) is 0 Å². The molecule has 0 aromatic rings. The number of esters is 5. The van der Waals surface area contributed by atoms with Gasteiger partial charge in [0, 0.05) is 31.1 Å². The van der Waals surface area contributed by atoms with Gasteiger partial charge in [-0.05, 0) is 73.5 Å². The van der Waals surface area contributed by atoms with E-state index in [0.717, 1.165) is 19.9 Å². The number of allylic oxidation sites excluding steroid dienone is 3. The van der Waals surface area contributed by atoms with Crippen LogP contribution in [0.3, 0.4) is 0 Å². The SMILES string of the molecule is C/C=C(/C)C(=O)O[C@@H]1C(C)=C2[C@H]3OC(=O)[C@](C)(O)[C@]3(O)[C@H](OC(=O)C=C(C)C)C[C@@](C)(OC(C)=O)[C@@H]2[C@H]1OC(=O)C=C(C)C. The minimum atomic E-state index is -2.62. The minimum absolute atomic E-state index is 0.0917. The van der Waals surface area contributed by atoms with Crippen LogP contribution in [0.2, 0.25) is 0 Å². The molecule has 2 aliphatic carbocycles. The standard InChI is InChI=1S/C32H42O12/c1-11-17(6)28(36)42-25-18(7)23-24(26(25)41-22(35)13-16(4)5)30(9,44-19(8)33)14-20(40-21(34)12-15(2)3)32(39)27(23)43-29(37)31(32,10)38/h11-13,20,24-27,38-39H,14H2,1-10H3/b17-11-/t20-,24+,25-,26-,27-,30-,31+,32+/m1/s1. The van der Waals surface area contributed by atoms with Gasteiger partial charge in [-0.15, -0.1) is 0 Å². The fraction of sp³-hybridized carbons (Fsp3) is 0.594. The average Bonchev–Trinajstić information content (AvgIpc) is 3.21.